The molecule has 0 saturated heterocycles. The second-order valence-electron chi connectivity index (χ2n) is 6.31. The Labute approximate surface area is 148 Å². The summed E-state index contributed by atoms with van der Waals surface area (Å²) in [5.74, 6) is 1.96. The van der Waals surface area contributed by atoms with Gasteiger partial charge in [0.05, 0.1) is 11.0 Å². The van der Waals surface area contributed by atoms with Crippen LogP contribution >= 0.6 is 11.8 Å². The van der Waals surface area contributed by atoms with Gasteiger partial charge >= 0.3 is 0 Å². The molecule has 2 N–H and O–H groups in total. The largest absolute Gasteiger partial charge is 0.355 e. The fourth-order valence-electron chi connectivity index (χ4n) is 3.44. The molecule has 5 nitrogen and oxygen atoms in total. The number of guanidine groups is 1. The highest BCUT2D eigenvalue weighted by Gasteiger charge is 2.24. The predicted octanol–water partition coefficient (Wildman–Crippen LogP) is 2.79. The summed E-state index contributed by atoms with van der Waals surface area (Å²) in [5, 5.41) is 7.80. The fourth-order valence-corrected chi connectivity index (χ4v) is 4.23. The molecule has 24 heavy (non-hydrogen) atoms. The second-order valence-corrected chi connectivity index (χ2v) is 7.45. The van der Waals surface area contributed by atoms with Gasteiger partial charge in [0.2, 0.25) is 0 Å². The maximum absolute atomic E-state index is 4.62. The van der Waals surface area contributed by atoms with E-state index in [0.717, 1.165) is 35.6 Å². The van der Waals surface area contributed by atoms with Crippen molar-refractivity contribution in [1.82, 2.24) is 20.2 Å². The zero-order valence-corrected chi connectivity index (χ0v) is 15.6. The quantitative estimate of drug-likeness (QED) is 0.646. The Balaban J connectivity index is 1.54. The highest BCUT2D eigenvalue weighted by atomic mass is 32.2. The van der Waals surface area contributed by atoms with Gasteiger partial charge in [-0.25, -0.2) is 4.98 Å². The number of aliphatic imine (C=N–C) groups is 1. The Morgan fingerprint density at radius 3 is 2.96 bits per heavy atom. The maximum Gasteiger partial charge on any atom is 0.191 e. The minimum absolute atomic E-state index is 0.546. The van der Waals surface area contributed by atoms with E-state index in [2.05, 4.69) is 56.6 Å². The number of aromatic nitrogens is 2. The minimum Gasteiger partial charge on any atom is -0.355 e. The average molecular weight is 346 g/mol. The number of thioether (sulfide) groups is 1. The van der Waals surface area contributed by atoms with Crippen LogP contribution in [0, 0.1) is 6.92 Å². The third-order valence-corrected chi connectivity index (χ3v) is 5.85. The number of rotatable bonds is 5. The van der Waals surface area contributed by atoms with Crippen LogP contribution in [0.3, 0.4) is 0 Å². The number of nitrogens with zero attached hydrogens (tertiary/aromatic N) is 3. The highest BCUT2D eigenvalue weighted by molar-refractivity contribution is 7.99. The van der Waals surface area contributed by atoms with Gasteiger partial charge < -0.3 is 15.2 Å². The molecule has 1 aromatic carbocycles. The topological polar surface area (TPSA) is 54.2 Å². The van der Waals surface area contributed by atoms with Crippen molar-refractivity contribution in [1.29, 1.82) is 0 Å². The van der Waals surface area contributed by atoms with Crippen LogP contribution in [0.4, 0.5) is 0 Å². The molecule has 1 heterocycles. The lowest BCUT2D eigenvalue weighted by molar-refractivity contribution is 0.602. The van der Waals surface area contributed by atoms with E-state index >= 15 is 0 Å². The molecule has 130 valence electrons. The second kappa shape index (κ2) is 7.92. The van der Waals surface area contributed by atoms with Gasteiger partial charge in [0.15, 0.2) is 5.96 Å². The summed E-state index contributed by atoms with van der Waals surface area (Å²) in [6.45, 7) is 3.78. The van der Waals surface area contributed by atoms with Crippen LogP contribution in [0.5, 0.6) is 0 Å². The normalized spacial score (nSPS) is 21.4. The summed E-state index contributed by atoms with van der Waals surface area (Å²) >= 11 is 1.98. The molecular formula is C18H27N5S. The van der Waals surface area contributed by atoms with Crippen molar-refractivity contribution >= 4 is 28.8 Å². The molecule has 1 aliphatic rings. The van der Waals surface area contributed by atoms with Crippen LogP contribution in [0.15, 0.2) is 29.3 Å². The standard InChI is InChI=1S/C18H27N5S/c1-13-21-16-6-4-5-7-17(16)23(13)11-10-20-18(19-2)22-14-8-9-15(12-14)24-3/h4-7,14-15H,8-12H2,1-3H3,(H2,19,20,22). The number of hydrogen-bond acceptors (Lipinski definition) is 3. The Hall–Kier alpha value is -1.69. The number of fused-ring (bicyclic) bond motifs is 1. The van der Waals surface area contributed by atoms with Gasteiger partial charge in [0.25, 0.3) is 0 Å². The molecule has 2 atom stereocenters. The summed E-state index contributed by atoms with van der Waals surface area (Å²) < 4.78 is 2.26. The molecule has 0 radical (unpaired) electrons. The number of para-hydroxylation sites is 2. The molecule has 0 aliphatic heterocycles. The van der Waals surface area contributed by atoms with Crippen molar-refractivity contribution in [2.75, 3.05) is 19.8 Å². The molecule has 0 spiro atoms. The molecule has 2 unspecified atom stereocenters. The lowest BCUT2D eigenvalue weighted by Gasteiger charge is -2.17. The zero-order valence-electron chi connectivity index (χ0n) is 14.7. The van der Waals surface area contributed by atoms with Crippen LogP contribution < -0.4 is 10.6 Å². The number of aryl methyl sites for hydroxylation is 1. The third kappa shape index (κ3) is 3.86. The molecule has 0 bridgehead atoms. The molecule has 1 fully saturated rings. The van der Waals surface area contributed by atoms with Crippen molar-refractivity contribution in [3.8, 4) is 0 Å². The van der Waals surface area contributed by atoms with Crippen molar-refractivity contribution in [2.24, 2.45) is 4.99 Å². The first-order chi connectivity index (χ1) is 11.7. The van der Waals surface area contributed by atoms with E-state index in [1.54, 1.807) is 0 Å². The molecule has 1 aromatic heterocycles. The van der Waals surface area contributed by atoms with Crippen LogP contribution in [0.1, 0.15) is 25.1 Å². The molecule has 1 saturated carbocycles. The average Bonchev–Trinajstić information content (AvgIpc) is 3.18. The Bertz CT molecular complexity index is 708. The highest BCUT2D eigenvalue weighted by Crippen LogP contribution is 2.28. The third-order valence-electron chi connectivity index (χ3n) is 4.76. The first-order valence-electron chi connectivity index (χ1n) is 8.63. The Kier molecular flexibility index (Phi) is 5.66. The van der Waals surface area contributed by atoms with Crippen LogP contribution in [-0.2, 0) is 6.54 Å². The summed E-state index contributed by atoms with van der Waals surface area (Å²) in [4.78, 5) is 8.99. The fraction of sp³-hybridized carbons (Fsp3) is 0.556. The molecule has 1 aliphatic carbocycles. The van der Waals surface area contributed by atoms with Crippen molar-refractivity contribution in [2.45, 2.75) is 44.0 Å². The lowest BCUT2D eigenvalue weighted by Crippen LogP contribution is -2.43. The van der Waals surface area contributed by atoms with Crippen molar-refractivity contribution in [3.05, 3.63) is 30.1 Å². The Morgan fingerprint density at radius 1 is 1.38 bits per heavy atom. The van der Waals surface area contributed by atoms with E-state index < -0.39 is 0 Å². The molecular weight excluding hydrogens is 318 g/mol. The summed E-state index contributed by atoms with van der Waals surface area (Å²) in [5.41, 5.74) is 2.25. The molecule has 0 amide bonds. The van der Waals surface area contributed by atoms with E-state index in [1.165, 1.54) is 24.8 Å². The number of nitrogens with one attached hydrogen (secondary N) is 2. The van der Waals surface area contributed by atoms with E-state index in [4.69, 9.17) is 0 Å². The van der Waals surface area contributed by atoms with Crippen molar-refractivity contribution < 1.29 is 0 Å². The van der Waals surface area contributed by atoms with E-state index in [1.807, 2.05) is 24.9 Å². The number of imidazole rings is 1. The molecule has 3 rings (SSSR count). The summed E-state index contributed by atoms with van der Waals surface area (Å²) in [7, 11) is 1.84. The Morgan fingerprint density at radius 2 is 2.21 bits per heavy atom. The van der Waals surface area contributed by atoms with Gasteiger partial charge in [-0.3, -0.25) is 4.99 Å². The number of benzene rings is 1. The molecule has 6 heteroatoms. The van der Waals surface area contributed by atoms with E-state index in [-0.39, 0.29) is 0 Å². The first-order valence-corrected chi connectivity index (χ1v) is 9.92. The predicted molar refractivity (Wildman–Crippen MR) is 104 cm³/mol. The zero-order chi connectivity index (χ0) is 16.9. The van der Waals surface area contributed by atoms with Crippen LogP contribution in [-0.4, -0.2) is 46.7 Å². The van der Waals surface area contributed by atoms with Gasteiger partial charge in [-0.15, -0.1) is 0 Å². The summed E-state index contributed by atoms with van der Waals surface area (Å²) in [6.07, 6.45) is 5.97. The van der Waals surface area contributed by atoms with Gasteiger partial charge in [-0.05, 0) is 44.6 Å². The lowest BCUT2D eigenvalue weighted by atomic mass is 10.2. The monoisotopic (exact) mass is 345 g/mol. The molecule has 2 aromatic rings. The first kappa shape index (κ1) is 17.1. The van der Waals surface area contributed by atoms with Crippen LogP contribution in [0.25, 0.3) is 11.0 Å². The van der Waals surface area contributed by atoms with Gasteiger partial charge in [0.1, 0.15) is 5.82 Å². The summed E-state index contributed by atoms with van der Waals surface area (Å²) in [6, 6.07) is 8.84. The van der Waals surface area contributed by atoms with Crippen molar-refractivity contribution in [3.63, 3.8) is 0 Å². The van der Waals surface area contributed by atoms with Gasteiger partial charge in [-0.2, -0.15) is 11.8 Å². The maximum atomic E-state index is 4.62. The smallest absolute Gasteiger partial charge is 0.191 e. The van der Waals surface area contributed by atoms with Gasteiger partial charge in [-0.1, -0.05) is 12.1 Å². The SMILES string of the molecule is CN=C(NCCn1c(C)nc2ccccc21)NC1CCC(SC)C1. The van der Waals surface area contributed by atoms with Gasteiger partial charge in [0, 0.05) is 31.4 Å². The van der Waals surface area contributed by atoms with E-state index in [0.29, 0.717) is 6.04 Å². The van der Waals surface area contributed by atoms with Crippen LogP contribution in [0.2, 0.25) is 0 Å². The minimum atomic E-state index is 0.546. The van der Waals surface area contributed by atoms with E-state index in [9.17, 15) is 0 Å². The number of hydrogen-bond donors (Lipinski definition) is 2.